The molecule has 0 fully saturated rings. The number of hydrogen-bond acceptors (Lipinski definition) is 4. The minimum Gasteiger partial charge on any atom is -0.508 e. The van der Waals surface area contributed by atoms with Gasteiger partial charge in [-0.25, -0.2) is 8.42 Å². The standard InChI is InChI=1S/C13H12O4S/c14-11-7-3-1-5-9(11)13(15)10-6-2-4-8-12(10)18(16)17/h1-8,13-15,18H. The molecule has 0 heterocycles. The van der Waals surface area contributed by atoms with E-state index in [2.05, 4.69) is 0 Å². The summed E-state index contributed by atoms with van der Waals surface area (Å²) in [6.45, 7) is 0. The summed E-state index contributed by atoms with van der Waals surface area (Å²) in [5.74, 6) is -0.0686. The third kappa shape index (κ3) is 2.37. The Balaban J connectivity index is 2.53. The Morgan fingerprint density at radius 1 is 0.889 bits per heavy atom. The first kappa shape index (κ1) is 12.6. The zero-order valence-corrected chi connectivity index (χ0v) is 10.2. The van der Waals surface area contributed by atoms with Crippen LogP contribution in [0.4, 0.5) is 0 Å². The van der Waals surface area contributed by atoms with Crippen molar-refractivity contribution in [2.75, 3.05) is 0 Å². The summed E-state index contributed by atoms with van der Waals surface area (Å²) >= 11 is 0. The summed E-state index contributed by atoms with van der Waals surface area (Å²) in [6, 6.07) is 12.5. The summed E-state index contributed by atoms with van der Waals surface area (Å²) in [5.41, 5.74) is 0.539. The molecular formula is C13H12O4S. The van der Waals surface area contributed by atoms with Crippen LogP contribution in [-0.4, -0.2) is 18.6 Å². The van der Waals surface area contributed by atoms with Crippen molar-refractivity contribution in [2.24, 2.45) is 0 Å². The van der Waals surface area contributed by atoms with Crippen LogP contribution in [0.3, 0.4) is 0 Å². The van der Waals surface area contributed by atoms with Crippen LogP contribution >= 0.6 is 0 Å². The topological polar surface area (TPSA) is 74.6 Å². The van der Waals surface area contributed by atoms with Gasteiger partial charge in [0.2, 0.25) is 0 Å². The van der Waals surface area contributed by atoms with E-state index in [4.69, 9.17) is 0 Å². The molecule has 2 aromatic carbocycles. The Bertz CT molecular complexity index is 626. The van der Waals surface area contributed by atoms with Gasteiger partial charge >= 0.3 is 0 Å². The molecule has 94 valence electrons. The average Bonchev–Trinajstić information content (AvgIpc) is 2.38. The number of rotatable bonds is 3. The van der Waals surface area contributed by atoms with E-state index < -0.39 is 16.8 Å². The maximum absolute atomic E-state index is 11.1. The van der Waals surface area contributed by atoms with Gasteiger partial charge < -0.3 is 10.2 Å². The monoisotopic (exact) mass is 264 g/mol. The molecule has 2 rings (SSSR count). The Labute approximate surface area is 106 Å². The van der Waals surface area contributed by atoms with Gasteiger partial charge in [-0.3, -0.25) is 0 Å². The molecule has 5 heteroatoms. The predicted octanol–water partition coefficient (Wildman–Crippen LogP) is 1.44. The van der Waals surface area contributed by atoms with Crippen molar-refractivity contribution >= 4 is 10.7 Å². The molecule has 4 nitrogen and oxygen atoms in total. The second kappa shape index (κ2) is 5.20. The molecule has 2 N–H and O–H groups in total. The van der Waals surface area contributed by atoms with Gasteiger partial charge in [0.25, 0.3) is 0 Å². The van der Waals surface area contributed by atoms with Crippen LogP contribution in [0.2, 0.25) is 0 Å². The number of para-hydroxylation sites is 1. The fraction of sp³-hybridized carbons (Fsp3) is 0.0769. The highest BCUT2D eigenvalue weighted by molar-refractivity contribution is 7.72. The lowest BCUT2D eigenvalue weighted by Crippen LogP contribution is -2.03. The van der Waals surface area contributed by atoms with Crippen molar-refractivity contribution in [1.29, 1.82) is 0 Å². The Kier molecular flexibility index (Phi) is 3.64. The number of thiol groups is 1. The average molecular weight is 264 g/mol. The van der Waals surface area contributed by atoms with Crippen LogP contribution in [0.1, 0.15) is 17.2 Å². The van der Waals surface area contributed by atoms with Gasteiger partial charge in [-0.15, -0.1) is 0 Å². The Hall–Kier alpha value is -1.85. The van der Waals surface area contributed by atoms with E-state index >= 15 is 0 Å². The van der Waals surface area contributed by atoms with Gasteiger partial charge in [0.05, 0.1) is 4.90 Å². The van der Waals surface area contributed by atoms with Crippen LogP contribution in [0.5, 0.6) is 5.75 Å². The lowest BCUT2D eigenvalue weighted by atomic mass is 10.0. The van der Waals surface area contributed by atoms with Gasteiger partial charge in [-0.05, 0) is 12.1 Å². The molecule has 0 aliphatic rings. The summed E-state index contributed by atoms with van der Waals surface area (Å²) in [4.78, 5) is 0.0586. The molecule has 0 bridgehead atoms. The molecule has 1 atom stereocenters. The molecule has 0 aromatic heterocycles. The van der Waals surface area contributed by atoms with Crippen LogP contribution in [-0.2, 0) is 10.7 Å². The molecule has 0 aliphatic heterocycles. The van der Waals surface area contributed by atoms with E-state index in [1.165, 1.54) is 18.2 Å². The molecule has 0 saturated carbocycles. The summed E-state index contributed by atoms with van der Waals surface area (Å²) < 4.78 is 22.2. The Morgan fingerprint density at radius 2 is 1.44 bits per heavy atom. The van der Waals surface area contributed by atoms with E-state index in [1.54, 1.807) is 30.3 Å². The molecule has 0 saturated heterocycles. The van der Waals surface area contributed by atoms with Gasteiger partial charge in [0.1, 0.15) is 11.9 Å². The van der Waals surface area contributed by atoms with E-state index in [1.807, 2.05) is 0 Å². The number of hydrogen-bond donors (Lipinski definition) is 3. The second-order valence-electron chi connectivity index (χ2n) is 3.78. The highest BCUT2D eigenvalue weighted by Gasteiger charge is 2.18. The number of phenols is 1. The van der Waals surface area contributed by atoms with Gasteiger partial charge in [-0.1, -0.05) is 36.4 Å². The highest BCUT2D eigenvalue weighted by Crippen LogP contribution is 2.31. The van der Waals surface area contributed by atoms with Crippen molar-refractivity contribution in [3.63, 3.8) is 0 Å². The van der Waals surface area contributed by atoms with Gasteiger partial charge in [0.15, 0.2) is 10.7 Å². The largest absolute Gasteiger partial charge is 0.508 e. The molecule has 0 aliphatic carbocycles. The fourth-order valence-corrected chi connectivity index (χ4v) is 2.39. The highest BCUT2D eigenvalue weighted by atomic mass is 32.2. The maximum Gasteiger partial charge on any atom is 0.168 e. The van der Waals surface area contributed by atoms with E-state index in [0.717, 1.165) is 0 Å². The normalized spacial score (nSPS) is 12.6. The van der Waals surface area contributed by atoms with E-state index in [-0.39, 0.29) is 21.8 Å². The summed E-state index contributed by atoms with van der Waals surface area (Å²) in [7, 11) is -2.79. The zero-order chi connectivity index (χ0) is 13.1. The van der Waals surface area contributed by atoms with Crippen molar-refractivity contribution in [3.05, 3.63) is 59.7 Å². The lowest BCUT2D eigenvalue weighted by Gasteiger charge is -2.14. The smallest absolute Gasteiger partial charge is 0.168 e. The quantitative estimate of drug-likeness (QED) is 0.733. The summed E-state index contributed by atoms with van der Waals surface area (Å²) in [6.07, 6.45) is -1.17. The maximum atomic E-state index is 11.1. The van der Waals surface area contributed by atoms with Crippen molar-refractivity contribution in [1.82, 2.24) is 0 Å². The second-order valence-corrected chi connectivity index (χ2v) is 4.77. The van der Waals surface area contributed by atoms with Crippen molar-refractivity contribution in [3.8, 4) is 5.75 Å². The molecule has 1 unspecified atom stereocenters. The van der Waals surface area contributed by atoms with Gasteiger partial charge in [0, 0.05) is 11.1 Å². The Morgan fingerprint density at radius 3 is 2.06 bits per heavy atom. The van der Waals surface area contributed by atoms with Gasteiger partial charge in [-0.2, -0.15) is 0 Å². The first-order chi connectivity index (χ1) is 8.61. The SMILES string of the molecule is O=[SH](=O)c1ccccc1C(O)c1ccccc1O. The summed E-state index contributed by atoms with van der Waals surface area (Å²) in [5, 5.41) is 19.8. The number of aliphatic hydroxyl groups is 1. The molecule has 0 spiro atoms. The van der Waals surface area contributed by atoms with Crippen LogP contribution < -0.4 is 0 Å². The molecular weight excluding hydrogens is 252 g/mol. The van der Waals surface area contributed by atoms with Crippen LogP contribution in [0.25, 0.3) is 0 Å². The minimum atomic E-state index is -2.79. The number of aliphatic hydroxyl groups excluding tert-OH is 1. The fourth-order valence-electron chi connectivity index (χ4n) is 1.77. The molecule has 0 radical (unpaired) electrons. The van der Waals surface area contributed by atoms with Crippen molar-refractivity contribution in [2.45, 2.75) is 11.0 Å². The van der Waals surface area contributed by atoms with Crippen LogP contribution in [0.15, 0.2) is 53.4 Å². The first-order valence-corrected chi connectivity index (χ1v) is 6.48. The third-order valence-electron chi connectivity index (χ3n) is 2.66. The zero-order valence-electron chi connectivity index (χ0n) is 9.35. The van der Waals surface area contributed by atoms with Crippen molar-refractivity contribution < 1.29 is 18.6 Å². The van der Waals surface area contributed by atoms with E-state index in [0.29, 0.717) is 0 Å². The molecule has 2 aromatic rings. The number of aromatic hydroxyl groups is 1. The minimum absolute atomic E-state index is 0.0586. The number of benzene rings is 2. The molecule has 0 amide bonds. The third-order valence-corrected chi connectivity index (χ3v) is 3.46. The number of phenolic OH excluding ortho intramolecular Hbond substituents is 1. The predicted molar refractivity (Wildman–Crippen MR) is 67.2 cm³/mol. The lowest BCUT2D eigenvalue weighted by molar-refractivity contribution is 0.212. The van der Waals surface area contributed by atoms with Crippen LogP contribution in [0, 0.1) is 0 Å². The molecule has 18 heavy (non-hydrogen) atoms. The van der Waals surface area contributed by atoms with E-state index in [9.17, 15) is 18.6 Å². The first-order valence-electron chi connectivity index (χ1n) is 5.30.